The fraction of sp³-hybridized carbons (Fsp3) is 0.500. The average Bonchev–Trinajstić information content (AvgIpc) is 3.30. The molecule has 7 nitrogen and oxygen atoms in total. The van der Waals surface area contributed by atoms with Crippen molar-refractivity contribution < 1.29 is 27.5 Å². The number of rotatable bonds is 1. The number of pyridine rings is 1. The summed E-state index contributed by atoms with van der Waals surface area (Å²) in [6, 6.07) is 0.889. The van der Waals surface area contributed by atoms with Gasteiger partial charge in [-0.05, 0) is 31.4 Å². The highest BCUT2D eigenvalue weighted by Gasteiger charge is 2.63. The van der Waals surface area contributed by atoms with Crippen molar-refractivity contribution in [3.8, 4) is 0 Å². The Kier molecular flexibility index (Phi) is 2.91. The lowest BCUT2D eigenvalue weighted by Gasteiger charge is -2.16. The lowest BCUT2D eigenvalue weighted by Crippen LogP contribution is -2.34. The number of ether oxygens (including phenoxy) is 1. The number of fused-ring (bicyclic) bond motifs is 6. The van der Waals surface area contributed by atoms with Gasteiger partial charge in [-0.15, -0.1) is 0 Å². The molecule has 3 aliphatic rings. The summed E-state index contributed by atoms with van der Waals surface area (Å²) in [5, 5.41) is 6.62. The first-order valence-electron chi connectivity index (χ1n) is 8.23. The molecule has 0 radical (unpaired) electrons. The number of H-pyrrole nitrogens is 1. The van der Waals surface area contributed by atoms with Gasteiger partial charge in [0, 0.05) is 0 Å². The molecular weight excluding hydrogens is 353 g/mol. The Labute approximate surface area is 144 Å². The van der Waals surface area contributed by atoms with Gasteiger partial charge in [-0.2, -0.15) is 18.3 Å². The molecule has 0 aromatic carbocycles. The number of anilines is 1. The molecule has 5 rings (SSSR count). The van der Waals surface area contributed by atoms with E-state index in [4.69, 9.17) is 4.74 Å². The van der Waals surface area contributed by atoms with Crippen LogP contribution in [0, 0.1) is 18.8 Å². The van der Waals surface area contributed by atoms with E-state index in [1.807, 2.05) is 0 Å². The zero-order chi connectivity index (χ0) is 18.4. The van der Waals surface area contributed by atoms with Crippen LogP contribution < -0.4 is 4.90 Å². The van der Waals surface area contributed by atoms with Gasteiger partial charge in [-0.25, -0.2) is 9.88 Å². The summed E-state index contributed by atoms with van der Waals surface area (Å²) >= 11 is 0. The van der Waals surface area contributed by atoms with Crippen LogP contribution in [0.25, 0.3) is 11.0 Å². The van der Waals surface area contributed by atoms with Gasteiger partial charge in [0.15, 0.2) is 11.5 Å². The van der Waals surface area contributed by atoms with Crippen molar-refractivity contribution in [2.45, 2.75) is 38.1 Å². The van der Waals surface area contributed by atoms with E-state index < -0.39 is 35.5 Å². The maximum absolute atomic E-state index is 12.9. The van der Waals surface area contributed by atoms with E-state index in [1.165, 1.54) is 6.92 Å². The monoisotopic (exact) mass is 366 g/mol. The van der Waals surface area contributed by atoms with Crippen molar-refractivity contribution in [1.29, 1.82) is 0 Å². The van der Waals surface area contributed by atoms with Crippen LogP contribution in [0.5, 0.6) is 0 Å². The molecule has 3 aliphatic heterocycles. The SMILES string of the molecule is Cc1cc(C(F)(F)F)nc2[nH]nc(N3C(=O)C4C5CCC(O5)C4C3=O)c12. The van der Waals surface area contributed by atoms with Gasteiger partial charge in [0.05, 0.1) is 29.4 Å². The highest BCUT2D eigenvalue weighted by atomic mass is 19.4. The molecule has 0 saturated carbocycles. The highest BCUT2D eigenvalue weighted by molar-refractivity contribution is 6.24. The predicted molar refractivity (Wildman–Crippen MR) is 81.0 cm³/mol. The minimum atomic E-state index is -4.60. The molecule has 0 aliphatic carbocycles. The molecule has 5 heterocycles. The molecular formula is C16H13F3N4O3. The number of aromatic amines is 1. The zero-order valence-electron chi connectivity index (χ0n) is 13.5. The molecule has 2 aromatic rings. The largest absolute Gasteiger partial charge is 0.433 e. The number of nitrogens with one attached hydrogen (secondary N) is 1. The van der Waals surface area contributed by atoms with Crippen molar-refractivity contribution in [3.63, 3.8) is 0 Å². The first kappa shape index (κ1) is 15.7. The minimum Gasteiger partial charge on any atom is -0.373 e. The molecule has 26 heavy (non-hydrogen) atoms. The van der Waals surface area contributed by atoms with Gasteiger partial charge < -0.3 is 4.74 Å². The Balaban J connectivity index is 1.62. The van der Waals surface area contributed by atoms with Crippen molar-refractivity contribution in [2.75, 3.05) is 4.90 Å². The number of hydrogen-bond donors (Lipinski definition) is 1. The Bertz CT molecular complexity index is 942. The second kappa shape index (κ2) is 4.81. The Morgan fingerprint density at radius 2 is 1.81 bits per heavy atom. The van der Waals surface area contributed by atoms with Crippen LogP contribution in [0.1, 0.15) is 24.1 Å². The van der Waals surface area contributed by atoms with E-state index in [2.05, 4.69) is 15.2 Å². The van der Waals surface area contributed by atoms with Gasteiger partial charge in [0.2, 0.25) is 11.8 Å². The Hall–Kier alpha value is -2.49. The third kappa shape index (κ3) is 1.87. The van der Waals surface area contributed by atoms with Gasteiger partial charge in [-0.3, -0.25) is 14.7 Å². The van der Waals surface area contributed by atoms with Gasteiger partial charge in [0.25, 0.3) is 0 Å². The summed E-state index contributed by atoms with van der Waals surface area (Å²) in [6.07, 6.45) is -3.68. The van der Waals surface area contributed by atoms with Gasteiger partial charge in [-0.1, -0.05) is 0 Å². The second-order valence-corrected chi connectivity index (χ2v) is 6.95. The molecule has 2 aromatic heterocycles. The van der Waals surface area contributed by atoms with E-state index in [0.717, 1.165) is 23.8 Å². The summed E-state index contributed by atoms with van der Waals surface area (Å²) in [7, 11) is 0. The van der Waals surface area contributed by atoms with E-state index in [0.29, 0.717) is 0 Å². The van der Waals surface area contributed by atoms with Crippen LogP contribution in [0.15, 0.2) is 6.07 Å². The molecule has 4 atom stereocenters. The van der Waals surface area contributed by atoms with Crippen LogP contribution in [0.2, 0.25) is 0 Å². The lowest BCUT2D eigenvalue weighted by molar-refractivity contribution is -0.141. The first-order valence-corrected chi connectivity index (χ1v) is 8.23. The van der Waals surface area contributed by atoms with Crippen molar-refractivity contribution in [2.24, 2.45) is 11.8 Å². The van der Waals surface area contributed by atoms with Crippen molar-refractivity contribution in [1.82, 2.24) is 15.2 Å². The maximum Gasteiger partial charge on any atom is 0.433 e. The second-order valence-electron chi connectivity index (χ2n) is 6.95. The standard InChI is InChI=1S/C16H13F3N4O3/c1-5-4-8(16(17,18)19)20-12-9(5)13(22-21-12)23-14(24)10-6-2-3-7(26-6)11(10)15(23)25/h4,6-7,10-11H,2-3H2,1H3,(H,20,21,22). The van der Waals surface area contributed by atoms with Crippen molar-refractivity contribution >= 4 is 28.7 Å². The molecule has 10 heteroatoms. The topological polar surface area (TPSA) is 88.2 Å². The number of carbonyl (C=O) groups excluding carboxylic acids is 2. The van der Waals surface area contributed by atoms with E-state index >= 15 is 0 Å². The fourth-order valence-corrected chi connectivity index (χ4v) is 4.43. The zero-order valence-corrected chi connectivity index (χ0v) is 13.5. The van der Waals surface area contributed by atoms with Crippen LogP contribution in [-0.2, 0) is 20.5 Å². The molecule has 2 bridgehead atoms. The van der Waals surface area contributed by atoms with Gasteiger partial charge in [0.1, 0.15) is 5.69 Å². The number of alkyl halides is 3. The van der Waals surface area contributed by atoms with E-state index in [1.54, 1.807) is 0 Å². The van der Waals surface area contributed by atoms with Gasteiger partial charge >= 0.3 is 6.18 Å². The molecule has 4 unspecified atom stereocenters. The molecule has 0 spiro atoms. The van der Waals surface area contributed by atoms with E-state index in [-0.39, 0.29) is 34.6 Å². The van der Waals surface area contributed by atoms with Crippen LogP contribution >= 0.6 is 0 Å². The van der Waals surface area contributed by atoms with E-state index in [9.17, 15) is 22.8 Å². The first-order chi connectivity index (χ1) is 12.3. The smallest absolute Gasteiger partial charge is 0.373 e. The average molecular weight is 366 g/mol. The number of halogens is 3. The molecule has 3 saturated heterocycles. The number of aromatic nitrogens is 3. The normalized spacial score (nSPS) is 30.7. The Morgan fingerprint density at radius 1 is 1.19 bits per heavy atom. The predicted octanol–water partition coefficient (Wildman–Crippen LogP) is 1.95. The van der Waals surface area contributed by atoms with Crippen LogP contribution in [-0.4, -0.2) is 39.2 Å². The lowest BCUT2D eigenvalue weighted by atomic mass is 9.81. The summed E-state index contributed by atoms with van der Waals surface area (Å²) in [4.78, 5) is 30.2. The summed E-state index contributed by atoms with van der Waals surface area (Å²) in [5.41, 5.74) is -0.924. The van der Waals surface area contributed by atoms with Crippen LogP contribution in [0.3, 0.4) is 0 Å². The summed E-state index contributed by atoms with van der Waals surface area (Å²) in [5.74, 6) is -1.85. The minimum absolute atomic E-state index is 0.0162. The molecule has 1 N–H and O–H groups in total. The molecule has 136 valence electrons. The maximum atomic E-state index is 12.9. The highest BCUT2D eigenvalue weighted by Crippen LogP contribution is 2.50. The summed E-state index contributed by atoms with van der Waals surface area (Å²) in [6.45, 7) is 1.47. The number of amides is 2. The van der Waals surface area contributed by atoms with Crippen LogP contribution in [0.4, 0.5) is 19.0 Å². The third-order valence-electron chi connectivity index (χ3n) is 5.49. The molecule has 3 fully saturated rings. The number of aryl methyl sites for hydroxylation is 1. The summed E-state index contributed by atoms with van der Waals surface area (Å²) < 4.78 is 44.5. The number of nitrogens with zero attached hydrogens (tertiary/aromatic N) is 3. The fourth-order valence-electron chi connectivity index (χ4n) is 4.43. The van der Waals surface area contributed by atoms with Crippen molar-refractivity contribution in [3.05, 3.63) is 17.3 Å². The number of hydrogen-bond acceptors (Lipinski definition) is 5. The Morgan fingerprint density at radius 3 is 2.38 bits per heavy atom. The number of carbonyl (C=O) groups is 2. The molecule has 2 amide bonds. The third-order valence-corrected chi connectivity index (χ3v) is 5.49. The quantitative estimate of drug-likeness (QED) is 0.780. The number of imide groups is 1.